The average Bonchev–Trinajstić information content (AvgIpc) is 3.37. The van der Waals surface area contributed by atoms with Gasteiger partial charge < -0.3 is 14.6 Å². The van der Waals surface area contributed by atoms with Gasteiger partial charge in [0.05, 0.1) is 17.6 Å². The summed E-state index contributed by atoms with van der Waals surface area (Å²) in [7, 11) is 1.61. The molecule has 0 spiro atoms. The van der Waals surface area contributed by atoms with Crippen LogP contribution in [0.3, 0.4) is 0 Å². The first-order valence-electron chi connectivity index (χ1n) is 8.64. The smallest absolute Gasteiger partial charge is 0.246 e. The number of hydrazone groups is 1. The third kappa shape index (κ3) is 2.29. The fraction of sp³-hybridized carbons (Fsp3) is 0.526. The van der Waals surface area contributed by atoms with Crippen molar-refractivity contribution in [1.29, 1.82) is 5.26 Å². The highest BCUT2D eigenvalue weighted by Crippen LogP contribution is 2.51. The van der Waals surface area contributed by atoms with Crippen LogP contribution in [0.4, 0.5) is 0 Å². The Kier molecular flexibility index (Phi) is 3.38. The highest BCUT2D eigenvalue weighted by molar-refractivity contribution is 5.96. The van der Waals surface area contributed by atoms with Crippen molar-refractivity contribution in [2.75, 3.05) is 7.05 Å². The van der Waals surface area contributed by atoms with Crippen LogP contribution in [-0.4, -0.2) is 40.2 Å². The minimum Gasteiger partial charge on any atom is -0.484 e. The van der Waals surface area contributed by atoms with Gasteiger partial charge in [-0.25, -0.2) is 5.01 Å². The lowest BCUT2D eigenvalue weighted by atomic mass is 9.77. The van der Waals surface area contributed by atoms with E-state index in [0.717, 1.165) is 0 Å². The van der Waals surface area contributed by atoms with Gasteiger partial charge in [0.2, 0.25) is 11.8 Å². The number of ether oxygens (including phenoxy) is 2. The Hall–Kier alpha value is -2.59. The van der Waals surface area contributed by atoms with Crippen LogP contribution < -0.4 is 4.74 Å². The second kappa shape index (κ2) is 5.21. The number of hydrogen-bond donors (Lipinski definition) is 1. The van der Waals surface area contributed by atoms with Crippen molar-refractivity contribution in [1.82, 2.24) is 5.01 Å². The molecule has 0 bridgehead atoms. The molecule has 1 amide bonds. The zero-order valence-corrected chi connectivity index (χ0v) is 15.2. The van der Waals surface area contributed by atoms with Crippen molar-refractivity contribution in [3.63, 3.8) is 0 Å². The summed E-state index contributed by atoms with van der Waals surface area (Å²) >= 11 is 0. The Morgan fingerprint density at radius 2 is 2.12 bits per heavy atom. The minimum atomic E-state index is -1.37. The summed E-state index contributed by atoms with van der Waals surface area (Å²) in [5.41, 5.74) is -1.23. The van der Waals surface area contributed by atoms with E-state index in [1.54, 1.807) is 46.0 Å². The normalized spacial score (nSPS) is 34.0. The maximum absolute atomic E-state index is 12.0. The Morgan fingerprint density at radius 1 is 1.38 bits per heavy atom. The van der Waals surface area contributed by atoms with Crippen molar-refractivity contribution < 1.29 is 19.4 Å². The molecule has 1 aliphatic carbocycles. The van der Waals surface area contributed by atoms with E-state index in [0.29, 0.717) is 29.2 Å². The predicted octanol–water partition coefficient (Wildman–Crippen LogP) is 1.96. The van der Waals surface area contributed by atoms with Crippen LogP contribution in [-0.2, 0) is 9.53 Å². The highest BCUT2D eigenvalue weighted by atomic mass is 16.6. The van der Waals surface area contributed by atoms with Crippen LogP contribution in [0.2, 0.25) is 0 Å². The molecule has 1 saturated carbocycles. The van der Waals surface area contributed by atoms with Crippen molar-refractivity contribution in [2.24, 2.45) is 16.9 Å². The molecule has 4 rings (SSSR count). The predicted molar refractivity (Wildman–Crippen MR) is 92.1 cm³/mol. The molecule has 1 unspecified atom stereocenters. The SMILES string of the molecule is CN1N=C(OC2c3cc(C#N)ccc3OC(C)(C)[C@]2(C)O)[C@@H]2C[C@@H]2C1=O. The molecule has 26 heavy (non-hydrogen) atoms. The largest absolute Gasteiger partial charge is 0.484 e. The summed E-state index contributed by atoms with van der Waals surface area (Å²) in [6.45, 7) is 5.24. The van der Waals surface area contributed by atoms with Gasteiger partial charge in [-0.05, 0) is 45.4 Å². The van der Waals surface area contributed by atoms with Gasteiger partial charge >= 0.3 is 0 Å². The number of carbonyl (C=O) groups excluding carboxylic acids is 1. The van der Waals surface area contributed by atoms with Gasteiger partial charge in [0.1, 0.15) is 17.0 Å². The van der Waals surface area contributed by atoms with Crippen LogP contribution in [0.25, 0.3) is 0 Å². The van der Waals surface area contributed by atoms with Crippen LogP contribution in [0.5, 0.6) is 5.75 Å². The molecule has 2 heterocycles. The number of rotatable bonds is 1. The van der Waals surface area contributed by atoms with E-state index >= 15 is 0 Å². The Balaban J connectivity index is 1.77. The van der Waals surface area contributed by atoms with Gasteiger partial charge in [0, 0.05) is 18.5 Å². The summed E-state index contributed by atoms with van der Waals surface area (Å²) in [6, 6.07) is 7.17. The monoisotopic (exact) mass is 355 g/mol. The molecular formula is C19H21N3O4. The molecule has 0 aromatic heterocycles. The number of nitriles is 1. The topological polar surface area (TPSA) is 95.2 Å². The quantitative estimate of drug-likeness (QED) is 0.831. The maximum Gasteiger partial charge on any atom is 0.246 e. The van der Waals surface area contributed by atoms with Gasteiger partial charge in [-0.3, -0.25) is 4.79 Å². The van der Waals surface area contributed by atoms with Crippen LogP contribution in [0.15, 0.2) is 23.3 Å². The summed E-state index contributed by atoms with van der Waals surface area (Å²) in [5, 5.41) is 26.1. The van der Waals surface area contributed by atoms with Gasteiger partial charge in [-0.15, -0.1) is 5.10 Å². The van der Waals surface area contributed by atoms with E-state index in [1.807, 2.05) is 0 Å². The van der Waals surface area contributed by atoms with E-state index in [2.05, 4.69) is 11.2 Å². The fourth-order valence-corrected chi connectivity index (χ4v) is 3.57. The van der Waals surface area contributed by atoms with Crippen molar-refractivity contribution in [3.8, 4) is 11.8 Å². The highest BCUT2D eigenvalue weighted by Gasteiger charge is 2.57. The van der Waals surface area contributed by atoms with Crippen molar-refractivity contribution in [3.05, 3.63) is 29.3 Å². The second-order valence-electron chi connectivity index (χ2n) is 7.87. The molecule has 0 saturated heterocycles. The molecule has 3 aliphatic rings. The molecule has 1 aromatic rings. The van der Waals surface area contributed by atoms with Crippen LogP contribution >= 0.6 is 0 Å². The van der Waals surface area contributed by atoms with Gasteiger partial charge in [0.15, 0.2) is 6.10 Å². The third-order valence-corrected chi connectivity index (χ3v) is 5.75. The van der Waals surface area contributed by atoms with Crippen LogP contribution in [0.1, 0.15) is 44.4 Å². The summed E-state index contributed by atoms with van der Waals surface area (Å²) < 4.78 is 12.2. The molecule has 1 aromatic carbocycles. The van der Waals surface area contributed by atoms with Gasteiger partial charge in [0.25, 0.3) is 0 Å². The van der Waals surface area contributed by atoms with E-state index in [9.17, 15) is 15.2 Å². The molecule has 4 atom stereocenters. The first-order chi connectivity index (χ1) is 12.2. The van der Waals surface area contributed by atoms with Crippen molar-refractivity contribution >= 4 is 11.8 Å². The Bertz CT molecular complexity index is 868. The lowest BCUT2D eigenvalue weighted by molar-refractivity contribution is -0.179. The number of nitrogens with zero attached hydrogens (tertiary/aromatic N) is 3. The number of aliphatic hydroxyl groups is 1. The van der Waals surface area contributed by atoms with Gasteiger partial charge in [-0.1, -0.05) is 0 Å². The zero-order chi connectivity index (χ0) is 18.9. The molecule has 1 N–H and O–H groups in total. The maximum atomic E-state index is 12.0. The number of benzene rings is 1. The average molecular weight is 355 g/mol. The standard InChI is InChI=1S/C19H21N3O4/c1-18(2)19(3,24)15(13-7-10(9-20)5-6-14(13)26-18)25-16-11-8-12(11)17(23)22(4)21-16/h5-7,11-12,15,24H,8H2,1-4H3/t11-,12+,15?,19-/m1/s1. The molecule has 0 radical (unpaired) electrons. The van der Waals surface area contributed by atoms with E-state index in [-0.39, 0.29) is 17.7 Å². The third-order valence-electron chi connectivity index (χ3n) is 5.75. The fourth-order valence-electron chi connectivity index (χ4n) is 3.57. The molecule has 2 aliphatic heterocycles. The van der Waals surface area contributed by atoms with Gasteiger partial charge in [-0.2, -0.15) is 5.26 Å². The summed E-state index contributed by atoms with van der Waals surface area (Å²) in [5.74, 6) is 0.888. The number of fused-ring (bicyclic) bond motifs is 2. The second-order valence-corrected chi connectivity index (χ2v) is 7.87. The number of hydrogen-bond acceptors (Lipinski definition) is 6. The molecule has 7 heteroatoms. The Labute approximate surface area is 151 Å². The van der Waals surface area contributed by atoms with E-state index < -0.39 is 17.3 Å². The lowest BCUT2D eigenvalue weighted by Crippen LogP contribution is -2.59. The number of amides is 1. The Morgan fingerprint density at radius 3 is 2.81 bits per heavy atom. The lowest BCUT2D eigenvalue weighted by Gasteiger charge is -2.49. The van der Waals surface area contributed by atoms with E-state index in [4.69, 9.17) is 9.47 Å². The summed E-state index contributed by atoms with van der Waals surface area (Å²) in [4.78, 5) is 12.0. The first-order valence-corrected chi connectivity index (χ1v) is 8.64. The summed E-state index contributed by atoms with van der Waals surface area (Å²) in [6.07, 6.45) is -0.0573. The van der Waals surface area contributed by atoms with E-state index in [1.165, 1.54) is 5.01 Å². The minimum absolute atomic E-state index is 0.00594. The van der Waals surface area contributed by atoms with Crippen molar-refractivity contribution in [2.45, 2.75) is 44.5 Å². The first kappa shape index (κ1) is 16.9. The molecule has 1 fully saturated rings. The molecule has 7 nitrogen and oxygen atoms in total. The molecule has 136 valence electrons. The number of carbonyl (C=O) groups is 1. The molecular weight excluding hydrogens is 334 g/mol. The van der Waals surface area contributed by atoms with Crippen LogP contribution in [0, 0.1) is 23.2 Å². The zero-order valence-electron chi connectivity index (χ0n) is 15.2.